The van der Waals surface area contributed by atoms with Gasteiger partial charge in [-0.15, -0.1) is 0 Å². The van der Waals surface area contributed by atoms with Gasteiger partial charge >= 0.3 is 0 Å². The summed E-state index contributed by atoms with van der Waals surface area (Å²) in [5, 5.41) is 6.68. The van der Waals surface area contributed by atoms with Gasteiger partial charge in [-0.25, -0.2) is 0 Å². The van der Waals surface area contributed by atoms with E-state index in [0.29, 0.717) is 24.5 Å². The number of nitrogens with one attached hydrogen (secondary N) is 1. The van der Waals surface area contributed by atoms with Crippen LogP contribution in [0, 0.1) is 6.92 Å². The molecular formula is C24H25N3O3. The first-order valence-electron chi connectivity index (χ1n) is 9.66. The summed E-state index contributed by atoms with van der Waals surface area (Å²) < 4.78 is 5.87. The predicted molar refractivity (Wildman–Crippen MR) is 117 cm³/mol. The van der Waals surface area contributed by atoms with Crippen molar-refractivity contribution in [3.8, 4) is 5.75 Å². The number of hydrogen-bond donors (Lipinski definition) is 2. The van der Waals surface area contributed by atoms with Crippen LogP contribution in [0.2, 0.25) is 0 Å². The maximum atomic E-state index is 12.0. The van der Waals surface area contributed by atoms with Crippen molar-refractivity contribution in [2.75, 3.05) is 6.61 Å². The van der Waals surface area contributed by atoms with Crippen molar-refractivity contribution in [3.05, 3.63) is 101 Å². The summed E-state index contributed by atoms with van der Waals surface area (Å²) in [5.41, 5.74) is 9.87. The number of nitrogens with two attached hydrogens (primary N) is 1. The first-order valence-corrected chi connectivity index (χ1v) is 9.66. The summed E-state index contributed by atoms with van der Waals surface area (Å²) in [5.74, 6) is 0.462. The molecule has 0 aromatic heterocycles. The molecule has 0 radical (unpaired) electrons. The summed E-state index contributed by atoms with van der Waals surface area (Å²) in [6.07, 6.45) is 0. The zero-order valence-electron chi connectivity index (χ0n) is 16.9. The number of nitrogens with zero attached hydrogens (tertiary/aromatic N) is 1. The number of carbonyl (C=O) groups is 1. The second kappa shape index (κ2) is 10.7. The van der Waals surface area contributed by atoms with E-state index < -0.39 is 0 Å². The molecule has 0 aliphatic heterocycles. The standard InChI is InChI=1S/C24H25N3O3/c1-18-9-5-6-12-20(18)15-26-23(28)17-30-27-24(25)21-13-7-8-14-22(21)29-16-19-10-3-2-4-11-19/h2-14H,15-17H2,1H3,(H2,25,27)(H,26,28). The molecule has 3 aromatic rings. The van der Waals surface area contributed by atoms with Crippen molar-refractivity contribution in [2.24, 2.45) is 10.9 Å². The molecule has 0 heterocycles. The summed E-state index contributed by atoms with van der Waals surface area (Å²) >= 11 is 0. The van der Waals surface area contributed by atoms with E-state index in [1.54, 1.807) is 6.07 Å². The topological polar surface area (TPSA) is 85.9 Å². The number of amides is 1. The number of ether oxygens (including phenoxy) is 1. The van der Waals surface area contributed by atoms with Crippen LogP contribution in [0.4, 0.5) is 0 Å². The van der Waals surface area contributed by atoms with Gasteiger partial charge in [-0.3, -0.25) is 4.79 Å². The monoisotopic (exact) mass is 403 g/mol. The van der Waals surface area contributed by atoms with Crippen molar-refractivity contribution in [2.45, 2.75) is 20.1 Å². The maximum Gasteiger partial charge on any atom is 0.261 e. The summed E-state index contributed by atoms with van der Waals surface area (Å²) in [6.45, 7) is 2.62. The number of para-hydroxylation sites is 1. The number of rotatable bonds is 9. The third kappa shape index (κ3) is 6.10. The molecule has 0 atom stereocenters. The number of amidine groups is 1. The Kier molecular flexibility index (Phi) is 7.44. The van der Waals surface area contributed by atoms with Crippen molar-refractivity contribution in [3.63, 3.8) is 0 Å². The number of benzene rings is 3. The Morgan fingerprint density at radius 2 is 1.67 bits per heavy atom. The summed E-state index contributed by atoms with van der Waals surface area (Å²) in [4.78, 5) is 17.1. The molecule has 0 unspecified atom stereocenters. The van der Waals surface area contributed by atoms with Gasteiger partial charge in [-0.2, -0.15) is 0 Å². The molecule has 0 saturated carbocycles. The minimum atomic E-state index is -0.275. The fraction of sp³-hybridized carbons (Fsp3) is 0.167. The highest BCUT2D eigenvalue weighted by molar-refractivity contribution is 5.99. The quantitative estimate of drug-likeness (QED) is 0.325. The maximum absolute atomic E-state index is 12.0. The first-order chi connectivity index (χ1) is 14.6. The van der Waals surface area contributed by atoms with Gasteiger partial charge in [0.15, 0.2) is 12.4 Å². The molecule has 0 aliphatic carbocycles. The minimum absolute atomic E-state index is 0.144. The van der Waals surface area contributed by atoms with Gasteiger partial charge in [-0.05, 0) is 35.7 Å². The van der Waals surface area contributed by atoms with E-state index >= 15 is 0 Å². The SMILES string of the molecule is Cc1ccccc1CNC(=O)CO/N=C(/N)c1ccccc1OCc1ccccc1. The lowest BCUT2D eigenvalue weighted by molar-refractivity contribution is -0.125. The van der Waals surface area contributed by atoms with E-state index in [4.69, 9.17) is 15.3 Å². The molecule has 6 heteroatoms. The highest BCUT2D eigenvalue weighted by atomic mass is 16.6. The van der Waals surface area contributed by atoms with E-state index in [2.05, 4.69) is 10.5 Å². The third-order valence-electron chi connectivity index (χ3n) is 4.50. The molecule has 3 N–H and O–H groups in total. The van der Waals surface area contributed by atoms with Gasteiger partial charge in [0.2, 0.25) is 0 Å². The number of carbonyl (C=O) groups excluding carboxylic acids is 1. The Morgan fingerprint density at radius 1 is 0.967 bits per heavy atom. The molecule has 30 heavy (non-hydrogen) atoms. The highest BCUT2D eigenvalue weighted by Gasteiger charge is 2.09. The number of hydrogen-bond acceptors (Lipinski definition) is 4. The normalized spacial score (nSPS) is 11.0. The molecule has 3 rings (SSSR count). The molecule has 0 aliphatic rings. The van der Waals surface area contributed by atoms with E-state index in [0.717, 1.165) is 16.7 Å². The van der Waals surface area contributed by atoms with Crippen LogP contribution < -0.4 is 15.8 Å². The van der Waals surface area contributed by atoms with Gasteiger partial charge in [0, 0.05) is 6.54 Å². The molecule has 3 aromatic carbocycles. The molecule has 1 amide bonds. The number of oxime groups is 1. The van der Waals surface area contributed by atoms with Crippen molar-refractivity contribution in [1.29, 1.82) is 0 Å². The Bertz CT molecular complexity index is 1000. The average molecular weight is 403 g/mol. The van der Waals surface area contributed by atoms with Gasteiger partial charge in [0.05, 0.1) is 5.56 Å². The lowest BCUT2D eigenvalue weighted by Gasteiger charge is -2.11. The third-order valence-corrected chi connectivity index (χ3v) is 4.50. The Balaban J connectivity index is 1.52. The lowest BCUT2D eigenvalue weighted by atomic mass is 10.1. The fourth-order valence-electron chi connectivity index (χ4n) is 2.80. The van der Waals surface area contributed by atoms with Crippen LogP contribution in [0.25, 0.3) is 0 Å². The second-order valence-corrected chi connectivity index (χ2v) is 6.72. The fourth-order valence-corrected chi connectivity index (χ4v) is 2.80. The predicted octanol–water partition coefficient (Wildman–Crippen LogP) is 3.53. The smallest absolute Gasteiger partial charge is 0.261 e. The first kappa shape index (κ1) is 20.9. The van der Waals surface area contributed by atoms with Crippen LogP contribution in [0.3, 0.4) is 0 Å². The van der Waals surface area contributed by atoms with Crippen molar-refractivity contribution < 1.29 is 14.4 Å². The summed E-state index contributed by atoms with van der Waals surface area (Å²) in [7, 11) is 0. The van der Waals surface area contributed by atoms with E-state index in [1.165, 1.54) is 0 Å². The number of aryl methyl sites for hydroxylation is 1. The highest BCUT2D eigenvalue weighted by Crippen LogP contribution is 2.19. The molecule has 154 valence electrons. The van der Waals surface area contributed by atoms with Gasteiger partial charge in [0.1, 0.15) is 12.4 Å². The molecule has 0 fully saturated rings. The van der Waals surface area contributed by atoms with Crippen LogP contribution in [0.15, 0.2) is 84.0 Å². The van der Waals surface area contributed by atoms with Gasteiger partial charge < -0.3 is 20.6 Å². The molecule has 6 nitrogen and oxygen atoms in total. The Hall–Kier alpha value is -3.80. The minimum Gasteiger partial charge on any atom is -0.488 e. The largest absolute Gasteiger partial charge is 0.488 e. The van der Waals surface area contributed by atoms with E-state index in [-0.39, 0.29) is 18.3 Å². The Labute approximate surface area is 176 Å². The van der Waals surface area contributed by atoms with Crippen molar-refractivity contribution >= 4 is 11.7 Å². The van der Waals surface area contributed by atoms with Crippen LogP contribution in [-0.2, 0) is 22.8 Å². The summed E-state index contributed by atoms with van der Waals surface area (Å²) in [6, 6.07) is 25.0. The molecular weight excluding hydrogens is 378 g/mol. The van der Waals surface area contributed by atoms with E-state index in [9.17, 15) is 4.79 Å². The molecule has 0 bridgehead atoms. The zero-order valence-corrected chi connectivity index (χ0v) is 16.9. The van der Waals surface area contributed by atoms with Gasteiger partial charge in [0.25, 0.3) is 5.91 Å². The van der Waals surface area contributed by atoms with Crippen LogP contribution in [0.1, 0.15) is 22.3 Å². The van der Waals surface area contributed by atoms with Crippen LogP contribution >= 0.6 is 0 Å². The molecule has 0 spiro atoms. The van der Waals surface area contributed by atoms with Crippen molar-refractivity contribution in [1.82, 2.24) is 5.32 Å². The van der Waals surface area contributed by atoms with Crippen LogP contribution in [-0.4, -0.2) is 18.3 Å². The van der Waals surface area contributed by atoms with E-state index in [1.807, 2.05) is 79.7 Å². The second-order valence-electron chi connectivity index (χ2n) is 6.72. The Morgan fingerprint density at radius 3 is 2.47 bits per heavy atom. The molecule has 0 saturated heterocycles. The van der Waals surface area contributed by atoms with Gasteiger partial charge in [-0.1, -0.05) is 71.9 Å². The zero-order chi connectivity index (χ0) is 21.2. The average Bonchev–Trinajstić information content (AvgIpc) is 2.78. The lowest BCUT2D eigenvalue weighted by Crippen LogP contribution is -2.27. The van der Waals surface area contributed by atoms with Crippen LogP contribution in [0.5, 0.6) is 5.75 Å².